The average molecular weight is 613 g/mol. The molecule has 1 aromatic carbocycles. The van der Waals surface area contributed by atoms with E-state index in [1.54, 1.807) is 14.0 Å². The highest BCUT2D eigenvalue weighted by Crippen LogP contribution is 2.36. The van der Waals surface area contributed by atoms with Gasteiger partial charge in [-0.2, -0.15) is 10.2 Å². The molecule has 4 heterocycles. The van der Waals surface area contributed by atoms with Gasteiger partial charge < -0.3 is 19.5 Å². The summed E-state index contributed by atoms with van der Waals surface area (Å²) in [6, 6.07) is 3.17. The third-order valence-corrected chi connectivity index (χ3v) is 9.70. The summed E-state index contributed by atoms with van der Waals surface area (Å²) < 4.78 is 29.3. The van der Waals surface area contributed by atoms with Crippen LogP contribution in [-0.4, -0.2) is 73.0 Å². The molecule has 1 aliphatic heterocycles. The predicted molar refractivity (Wildman–Crippen MR) is 156 cm³/mol. The zero-order chi connectivity index (χ0) is 30.4. The first kappa shape index (κ1) is 29.2. The second-order valence-corrected chi connectivity index (χ2v) is 12.1. The Bertz CT molecular complexity index is 1770. The standard InChI is InChI=1S/C29H33FN6O6S/c1-16-24-26(39)35(21-10-13-33(2)25(21)38)29(40)34(28(24)43-27(16)36-31-11-12-32-36)15-23(42-19-7-5-18(37)6-8-19)20-14-17(30)4-9-22(20)41-3/h4,9,11-12,14,18-19,21,23,37H,5-8,10,13,15H2,1-3H3/t18?,19?,21-,23-/m0/s1. The summed E-state index contributed by atoms with van der Waals surface area (Å²) in [5, 5.41) is 19.3. The van der Waals surface area contributed by atoms with Gasteiger partial charge in [-0.1, -0.05) is 11.3 Å². The number of fused-ring (bicyclic) bond motifs is 1. The lowest BCUT2D eigenvalue weighted by molar-refractivity contribution is -0.129. The van der Waals surface area contributed by atoms with E-state index in [0.29, 0.717) is 65.4 Å². The minimum absolute atomic E-state index is 0.0862. The third-order valence-electron chi connectivity index (χ3n) is 8.42. The van der Waals surface area contributed by atoms with Crippen molar-refractivity contribution in [3.8, 4) is 10.8 Å². The van der Waals surface area contributed by atoms with Gasteiger partial charge in [-0.15, -0.1) is 4.80 Å². The van der Waals surface area contributed by atoms with Crippen LogP contribution in [-0.2, 0) is 16.1 Å². The average Bonchev–Trinajstić information content (AvgIpc) is 3.72. The first-order valence-corrected chi connectivity index (χ1v) is 15.1. The summed E-state index contributed by atoms with van der Waals surface area (Å²) in [5.74, 6) is -0.423. The maximum atomic E-state index is 14.6. The minimum atomic E-state index is -0.950. The van der Waals surface area contributed by atoms with Gasteiger partial charge in [0.25, 0.3) is 5.56 Å². The topological polar surface area (TPSA) is 134 Å². The largest absolute Gasteiger partial charge is 0.496 e. The van der Waals surface area contributed by atoms with Crippen LogP contribution in [0.25, 0.3) is 15.2 Å². The number of carbonyl (C=O) groups excluding carboxylic acids is 1. The van der Waals surface area contributed by atoms with Crippen molar-refractivity contribution in [2.24, 2.45) is 0 Å². The molecule has 1 amide bonds. The van der Waals surface area contributed by atoms with E-state index in [9.17, 15) is 23.9 Å². The van der Waals surface area contributed by atoms with E-state index in [-0.39, 0.29) is 23.9 Å². The van der Waals surface area contributed by atoms with Gasteiger partial charge in [0.2, 0.25) is 5.91 Å². The number of aliphatic hydroxyl groups is 1. The number of aliphatic hydroxyl groups excluding tert-OH is 1. The van der Waals surface area contributed by atoms with Crippen LogP contribution in [0.3, 0.4) is 0 Å². The molecule has 0 bridgehead atoms. The Morgan fingerprint density at radius 2 is 1.84 bits per heavy atom. The summed E-state index contributed by atoms with van der Waals surface area (Å²) >= 11 is 1.18. The SMILES string of the molecule is COc1ccc(F)cc1[C@H](Cn1c(=O)n([C@H]2CCN(C)C2=O)c(=O)c2c(C)c(-n3nccn3)sc21)OC1CCC(O)CC1. The number of carbonyl (C=O) groups is 1. The van der Waals surface area contributed by atoms with Crippen molar-refractivity contribution < 1.29 is 23.8 Å². The van der Waals surface area contributed by atoms with Crippen LogP contribution in [0.5, 0.6) is 5.75 Å². The third kappa shape index (κ3) is 5.27. The molecule has 1 saturated heterocycles. The number of aromatic nitrogens is 5. The van der Waals surface area contributed by atoms with Crippen LogP contribution < -0.4 is 16.0 Å². The van der Waals surface area contributed by atoms with E-state index < -0.39 is 35.3 Å². The monoisotopic (exact) mass is 612 g/mol. The molecule has 3 aromatic heterocycles. The van der Waals surface area contributed by atoms with Crippen molar-refractivity contribution in [3.05, 3.63) is 68.4 Å². The van der Waals surface area contributed by atoms with Gasteiger partial charge in [0.1, 0.15) is 33.5 Å². The Morgan fingerprint density at radius 1 is 1.12 bits per heavy atom. The lowest BCUT2D eigenvalue weighted by Crippen LogP contribution is -2.45. The molecule has 0 radical (unpaired) electrons. The highest BCUT2D eigenvalue weighted by Gasteiger charge is 2.36. The van der Waals surface area contributed by atoms with Gasteiger partial charge in [-0.05, 0) is 57.2 Å². The number of methoxy groups -OCH3 is 1. The number of hydrogen-bond acceptors (Lipinski definition) is 9. The van der Waals surface area contributed by atoms with Crippen molar-refractivity contribution >= 4 is 27.5 Å². The Balaban J connectivity index is 1.55. The van der Waals surface area contributed by atoms with Gasteiger partial charge in [0.05, 0.1) is 43.6 Å². The van der Waals surface area contributed by atoms with Gasteiger partial charge in [-0.25, -0.2) is 13.8 Å². The number of halogens is 1. The molecule has 1 N–H and O–H groups in total. The maximum Gasteiger partial charge on any atom is 0.332 e. The molecular formula is C29H33FN6O6S. The van der Waals surface area contributed by atoms with Crippen molar-refractivity contribution in [1.29, 1.82) is 0 Å². The number of likely N-dealkylation sites (N-methyl/N-ethyl adjacent to an activating group) is 1. The van der Waals surface area contributed by atoms with Crippen LogP contribution in [0.15, 0.2) is 40.2 Å². The zero-order valence-corrected chi connectivity index (χ0v) is 24.9. The molecule has 0 unspecified atom stereocenters. The lowest BCUT2D eigenvalue weighted by Gasteiger charge is -2.31. The predicted octanol–water partition coefficient (Wildman–Crippen LogP) is 2.73. The smallest absolute Gasteiger partial charge is 0.332 e. The second kappa shape index (κ2) is 11.7. The Kier molecular flexibility index (Phi) is 7.92. The molecule has 2 fully saturated rings. The summed E-state index contributed by atoms with van der Waals surface area (Å²) in [5.41, 5.74) is -0.232. The van der Waals surface area contributed by atoms with Crippen LogP contribution >= 0.6 is 11.3 Å². The normalized spacial score (nSPS) is 21.6. The fourth-order valence-electron chi connectivity index (χ4n) is 6.09. The maximum absolute atomic E-state index is 14.6. The molecule has 0 spiro atoms. The Hall–Kier alpha value is -3.88. The van der Waals surface area contributed by atoms with Gasteiger partial charge >= 0.3 is 5.69 Å². The van der Waals surface area contributed by atoms with Crippen molar-refractivity contribution in [2.45, 2.75) is 69.9 Å². The number of ether oxygens (including phenoxy) is 2. The van der Waals surface area contributed by atoms with E-state index in [4.69, 9.17) is 9.47 Å². The molecular weight excluding hydrogens is 579 g/mol. The number of nitrogens with zero attached hydrogens (tertiary/aromatic N) is 6. The fraction of sp³-hybridized carbons (Fsp3) is 0.483. The molecule has 2 aliphatic rings. The number of benzene rings is 1. The summed E-state index contributed by atoms with van der Waals surface area (Å²) in [7, 11) is 3.12. The molecule has 12 nitrogen and oxygen atoms in total. The summed E-state index contributed by atoms with van der Waals surface area (Å²) in [6.45, 7) is 2.09. The number of thiophene rings is 1. The quantitative estimate of drug-likeness (QED) is 0.321. The van der Waals surface area contributed by atoms with Crippen LogP contribution in [0.2, 0.25) is 0 Å². The summed E-state index contributed by atoms with van der Waals surface area (Å²) in [6.07, 6.45) is 4.15. The minimum Gasteiger partial charge on any atom is -0.496 e. The van der Waals surface area contributed by atoms with Crippen LogP contribution in [0.1, 0.15) is 55.4 Å². The first-order valence-electron chi connectivity index (χ1n) is 14.2. The van der Waals surface area contributed by atoms with Crippen LogP contribution in [0, 0.1) is 12.7 Å². The highest BCUT2D eigenvalue weighted by atomic mass is 32.1. The first-order chi connectivity index (χ1) is 20.7. The van der Waals surface area contributed by atoms with E-state index >= 15 is 0 Å². The van der Waals surface area contributed by atoms with Gasteiger partial charge in [0, 0.05) is 24.7 Å². The van der Waals surface area contributed by atoms with E-state index in [0.717, 1.165) is 4.57 Å². The fourth-order valence-corrected chi connectivity index (χ4v) is 7.31. The molecule has 1 aliphatic carbocycles. The zero-order valence-electron chi connectivity index (χ0n) is 24.1. The number of aryl methyl sites for hydroxylation is 1. The number of rotatable bonds is 8. The van der Waals surface area contributed by atoms with Gasteiger partial charge in [-0.3, -0.25) is 14.2 Å². The molecule has 6 rings (SSSR count). The molecule has 2 atom stereocenters. The molecule has 43 heavy (non-hydrogen) atoms. The van der Waals surface area contributed by atoms with E-state index in [1.807, 2.05) is 0 Å². The molecule has 4 aromatic rings. The molecule has 228 valence electrons. The second-order valence-electron chi connectivity index (χ2n) is 11.1. The summed E-state index contributed by atoms with van der Waals surface area (Å²) in [4.78, 5) is 44.7. The lowest BCUT2D eigenvalue weighted by atomic mass is 9.94. The van der Waals surface area contributed by atoms with Gasteiger partial charge in [0.15, 0.2) is 0 Å². The molecule has 1 saturated carbocycles. The van der Waals surface area contributed by atoms with Crippen molar-refractivity contribution in [1.82, 2.24) is 29.0 Å². The Labute approximate surface area is 249 Å². The van der Waals surface area contributed by atoms with Crippen molar-refractivity contribution in [2.75, 3.05) is 20.7 Å². The van der Waals surface area contributed by atoms with Crippen LogP contribution in [0.4, 0.5) is 4.39 Å². The number of amides is 1. The van der Waals surface area contributed by atoms with E-state index in [2.05, 4.69) is 10.2 Å². The highest BCUT2D eigenvalue weighted by molar-refractivity contribution is 7.21. The molecule has 14 heteroatoms. The number of likely N-dealkylation sites (tertiary alicyclic amines) is 1. The van der Waals surface area contributed by atoms with E-state index in [1.165, 1.54) is 63.3 Å². The van der Waals surface area contributed by atoms with Crippen molar-refractivity contribution in [3.63, 3.8) is 0 Å². The Morgan fingerprint density at radius 3 is 2.49 bits per heavy atom. The number of hydrogen-bond donors (Lipinski definition) is 1.